The second-order valence-electron chi connectivity index (χ2n) is 5.63. The normalized spacial score (nSPS) is 12.8. The van der Waals surface area contributed by atoms with E-state index in [1.165, 1.54) is 16.7 Å². The molecule has 0 bridgehead atoms. The zero-order valence-corrected chi connectivity index (χ0v) is 13.0. The lowest BCUT2D eigenvalue weighted by Crippen LogP contribution is -2.22. The number of nitrogens with zero attached hydrogens (tertiary/aromatic N) is 1. The minimum Gasteiger partial charge on any atom is -0.496 e. The molecule has 3 heteroatoms. The minimum atomic E-state index is 0.296. The van der Waals surface area contributed by atoms with Crippen molar-refractivity contribution in [2.24, 2.45) is 5.73 Å². The maximum Gasteiger partial charge on any atom is 0.126 e. The van der Waals surface area contributed by atoms with Crippen molar-refractivity contribution in [3.8, 4) is 5.75 Å². The molecule has 1 rings (SSSR count). The topological polar surface area (TPSA) is 38.5 Å². The number of benzene rings is 1. The van der Waals surface area contributed by atoms with Crippen molar-refractivity contribution in [1.29, 1.82) is 0 Å². The van der Waals surface area contributed by atoms with Crippen LogP contribution < -0.4 is 10.5 Å². The molecule has 0 spiro atoms. The summed E-state index contributed by atoms with van der Waals surface area (Å²) in [6.45, 7) is 8.28. The highest BCUT2D eigenvalue weighted by Gasteiger charge is 2.10. The van der Waals surface area contributed by atoms with Crippen LogP contribution >= 0.6 is 0 Å². The predicted octanol–water partition coefficient (Wildman–Crippen LogP) is 2.87. The van der Waals surface area contributed by atoms with Gasteiger partial charge in [-0.05, 0) is 52.8 Å². The third kappa shape index (κ3) is 5.21. The average molecular weight is 264 g/mol. The van der Waals surface area contributed by atoms with Gasteiger partial charge in [0.15, 0.2) is 0 Å². The van der Waals surface area contributed by atoms with Gasteiger partial charge in [-0.15, -0.1) is 0 Å². The van der Waals surface area contributed by atoms with Crippen molar-refractivity contribution < 1.29 is 4.74 Å². The molecule has 1 aromatic rings. The van der Waals surface area contributed by atoms with Gasteiger partial charge >= 0.3 is 0 Å². The monoisotopic (exact) mass is 264 g/mol. The summed E-state index contributed by atoms with van der Waals surface area (Å²) in [4.78, 5) is 2.33. The Morgan fingerprint density at radius 3 is 2.58 bits per heavy atom. The molecular formula is C16H28N2O. The van der Waals surface area contributed by atoms with Crippen LogP contribution in [0.5, 0.6) is 5.75 Å². The van der Waals surface area contributed by atoms with Crippen molar-refractivity contribution in [3.05, 3.63) is 28.8 Å². The van der Waals surface area contributed by atoms with E-state index >= 15 is 0 Å². The summed E-state index contributed by atoms with van der Waals surface area (Å²) >= 11 is 0. The fraction of sp³-hybridized carbons (Fsp3) is 0.625. The highest BCUT2D eigenvalue weighted by molar-refractivity contribution is 5.43. The van der Waals surface area contributed by atoms with E-state index < -0.39 is 0 Å². The second kappa shape index (κ2) is 7.51. The Morgan fingerprint density at radius 2 is 2.00 bits per heavy atom. The first-order chi connectivity index (χ1) is 8.93. The van der Waals surface area contributed by atoms with Crippen LogP contribution in [-0.4, -0.2) is 31.6 Å². The zero-order valence-electron chi connectivity index (χ0n) is 13.0. The maximum absolute atomic E-state index is 5.78. The number of aryl methyl sites for hydroxylation is 2. The van der Waals surface area contributed by atoms with Gasteiger partial charge in [-0.1, -0.05) is 17.7 Å². The van der Waals surface area contributed by atoms with Crippen LogP contribution in [0.1, 0.15) is 36.5 Å². The Kier molecular flexibility index (Phi) is 6.32. The van der Waals surface area contributed by atoms with E-state index in [9.17, 15) is 0 Å². The number of rotatable bonds is 7. The summed E-state index contributed by atoms with van der Waals surface area (Å²) in [5.41, 5.74) is 9.54. The smallest absolute Gasteiger partial charge is 0.126 e. The molecular weight excluding hydrogens is 236 g/mol. The van der Waals surface area contributed by atoms with E-state index in [0.717, 1.165) is 31.7 Å². The molecule has 1 aromatic carbocycles. The van der Waals surface area contributed by atoms with E-state index in [0.29, 0.717) is 6.04 Å². The van der Waals surface area contributed by atoms with Gasteiger partial charge in [0.05, 0.1) is 7.11 Å². The molecule has 2 N–H and O–H groups in total. The third-order valence-corrected chi connectivity index (χ3v) is 3.34. The van der Waals surface area contributed by atoms with E-state index in [1.807, 2.05) is 0 Å². The molecule has 0 saturated carbocycles. The molecule has 0 amide bonds. The molecule has 1 unspecified atom stereocenters. The van der Waals surface area contributed by atoms with Gasteiger partial charge in [-0.3, -0.25) is 0 Å². The van der Waals surface area contributed by atoms with Gasteiger partial charge in [0.25, 0.3) is 0 Å². The van der Waals surface area contributed by atoms with Crippen molar-refractivity contribution >= 4 is 0 Å². The molecule has 108 valence electrons. The summed E-state index contributed by atoms with van der Waals surface area (Å²) in [7, 11) is 3.90. The average Bonchev–Trinajstić information content (AvgIpc) is 2.27. The fourth-order valence-corrected chi connectivity index (χ4v) is 2.50. The van der Waals surface area contributed by atoms with Gasteiger partial charge in [0.2, 0.25) is 0 Å². The van der Waals surface area contributed by atoms with Crippen LogP contribution in [0.2, 0.25) is 0 Å². The third-order valence-electron chi connectivity index (χ3n) is 3.34. The molecule has 0 aliphatic carbocycles. The maximum atomic E-state index is 5.78. The number of hydrogen-bond donors (Lipinski definition) is 1. The van der Waals surface area contributed by atoms with Crippen molar-refractivity contribution in [1.82, 2.24) is 4.90 Å². The Morgan fingerprint density at radius 1 is 1.32 bits per heavy atom. The minimum absolute atomic E-state index is 0.296. The summed E-state index contributed by atoms with van der Waals surface area (Å²) in [5, 5.41) is 0. The molecule has 0 aliphatic rings. The lowest BCUT2D eigenvalue weighted by molar-refractivity contribution is 0.307. The fourth-order valence-electron chi connectivity index (χ4n) is 2.50. The van der Waals surface area contributed by atoms with Gasteiger partial charge in [0, 0.05) is 18.2 Å². The second-order valence-corrected chi connectivity index (χ2v) is 5.63. The number of nitrogens with two attached hydrogens (primary N) is 1. The summed E-state index contributed by atoms with van der Waals surface area (Å²) in [5.74, 6) is 1.02. The molecule has 0 aliphatic heterocycles. The van der Waals surface area contributed by atoms with Crippen LogP contribution in [0.4, 0.5) is 0 Å². The molecule has 3 nitrogen and oxygen atoms in total. The van der Waals surface area contributed by atoms with Crippen molar-refractivity contribution in [2.75, 3.05) is 20.7 Å². The zero-order chi connectivity index (χ0) is 14.4. The Labute approximate surface area is 117 Å². The lowest BCUT2D eigenvalue weighted by atomic mass is 10.0. The molecule has 0 saturated heterocycles. The van der Waals surface area contributed by atoms with Crippen LogP contribution in [0.25, 0.3) is 0 Å². The summed E-state index contributed by atoms with van der Waals surface area (Å²) < 4.78 is 5.53. The van der Waals surface area contributed by atoms with E-state index in [1.54, 1.807) is 7.11 Å². The van der Waals surface area contributed by atoms with Gasteiger partial charge < -0.3 is 15.4 Å². The predicted molar refractivity (Wildman–Crippen MR) is 81.7 cm³/mol. The Balaban J connectivity index is 2.65. The molecule has 19 heavy (non-hydrogen) atoms. The number of methoxy groups -OCH3 is 1. The van der Waals surface area contributed by atoms with E-state index in [2.05, 4.69) is 44.9 Å². The standard InChI is InChI=1S/C16H28N2O/c1-12-9-13(2)16(19-5)15(10-12)11-18(4)8-6-7-14(3)17/h9-10,14H,6-8,11,17H2,1-5H3. The summed E-state index contributed by atoms with van der Waals surface area (Å²) in [6, 6.07) is 4.68. The van der Waals surface area contributed by atoms with Crippen molar-refractivity contribution in [3.63, 3.8) is 0 Å². The summed E-state index contributed by atoms with van der Waals surface area (Å²) in [6.07, 6.45) is 2.22. The van der Waals surface area contributed by atoms with E-state index in [4.69, 9.17) is 10.5 Å². The first-order valence-corrected chi connectivity index (χ1v) is 7.02. The lowest BCUT2D eigenvalue weighted by Gasteiger charge is -2.20. The van der Waals surface area contributed by atoms with Gasteiger partial charge in [0.1, 0.15) is 5.75 Å². The molecule has 0 aromatic heterocycles. The van der Waals surface area contributed by atoms with Crippen molar-refractivity contribution in [2.45, 2.75) is 46.2 Å². The number of ether oxygens (including phenoxy) is 1. The molecule has 1 atom stereocenters. The van der Waals surface area contributed by atoms with Crippen LogP contribution in [-0.2, 0) is 6.54 Å². The highest BCUT2D eigenvalue weighted by atomic mass is 16.5. The Bertz CT molecular complexity index is 402. The van der Waals surface area contributed by atoms with Gasteiger partial charge in [-0.25, -0.2) is 0 Å². The largest absolute Gasteiger partial charge is 0.496 e. The van der Waals surface area contributed by atoms with Crippen LogP contribution in [0.15, 0.2) is 12.1 Å². The van der Waals surface area contributed by atoms with Gasteiger partial charge in [-0.2, -0.15) is 0 Å². The SMILES string of the molecule is COc1c(C)cc(C)cc1CN(C)CCCC(C)N. The molecule has 0 fully saturated rings. The molecule has 0 radical (unpaired) electrons. The van der Waals surface area contributed by atoms with Crippen LogP contribution in [0.3, 0.4) is 0 Å². The first-order valence-electron chi connectivity index (χ1n) is 7.02. The quantitative estimate of drug-likeness (QED) is 0.823. The number of hydrogen-bond acceptors (Lipinski definition) is 3. The van der Waals surface area contributed by atoms with Crippen LogP contribution in [0, 0.1) is 13.8 Å². The highest BCUT2D eigenvalue weighted by Crippen LogP contribution is 2.26. The molecule has 0 heterocycles. The Hall–Kier alpha value is -1.06. The first kappa shape index (κ1) is 16.0. The van der Waals surface area contributed by atoms with E-state index in [-0.39, 0.29) is 0 Å².